The van der Waals surface area contributed by atoms with Crippen LogP contribution in [0.2, 0.25) is 0 Å². The molecule has 7 heteroatoms. The van der Waals surface area contributed by atoms with Crippen LogP contribution in [0.5, 0.6) is 0 Å². The number of carboxylic acid groups (broad SMARTS) is 1. The number of amides is 2. The van der Waals surface area contributed by atoms with Crippen molar-refractivity contribution in [2.75, 3.05) is 13.1 Å². The van der Waals surface area contributed by atoms with Gasteiger partial charge in [-0.2, -0.15) is 0 Å². The molecule has 2 N–H and O–H groups in total. The van der Waals surface area contributed by atoms with Crippen LogP contribution < -0.4 is 5.32 Å². The summed E-state index contributed by atoms with van der Waals surface area (Å²) in [7, 11) is 0. The van der Waals surface area contributed by atoms with E-state index in [1.165, 1.54) is 18.3 Å². The Morgan fingerprint density at radius 2 is 2.12 bits per heavy atom. The number of carbonyl (C=O) groups is 3. The molecule has 1 aromatic heterocycles. The van der Waals surface area contributed by atoms with E-state index >= 15 is 0 Å². The van der Waals surface area contributed by atoms with Crippen LogP contribution in [0.1, 0.15) is 44.5 Å². The lowest BCUT2D eigenvalue weighted by molar-refractivity contribution is -0.151. The maximum atomic E-state index is 12.7. The number of rotatable bonds is 6. The van der Waals surface area contributed by atoms with Gasteiger partial charge in [0, 0.05) is 24.9 Å². The average molecular weight is 352 g/mol. The first-order chi connectivity index (χ1) is 11.3. The van der Waals surface area contributed by atoms with Crippen LogP contribution in [0.3, 0.4) is 0 Å². The number of likely N-dealkylation sites (tertiary alicyclic amines) is 1. The molecule has 0 bridgehead atoms. The second-order valence-corrected chi connectivity index (χ2v) is 7.63. The Morgan fingerprint density at radius 3 is 2.58 bits per heavy atom. The summed E-state index contributed by atoms with van der Waals surface area (Å²) in [6.45, 7) is 5.87. The van der Waals surface area contributed by atoms with Gasteiger partial charge in [0.25, 0.3) is 0 Å². The predicted octanol–water partition coefficient (Wildman–Crippen LogP) is 2.27. The fourth-order valence-corrected chi connectivity index (χ4v) is 3.98. The van der Waals surface area contributed by atoms with Gasteiger partial charge in [-0.05, 0) is 23.8 Å². The summed E-state index contributed by atoms with van der Waals surface area (Å²) in [6.07, 6.45) is 0.615. The van der Waals surface area contributed by atoms with E-state index in [0.29, 0.717) is 13.0 Å². The molecule has 2 unspecified atom stereocenters. The first-order valence-corrected chi connectivity index (χ1v) is 8.96. The van der Waals surface area contributed by atoms with Gasteiger partial charge in [0.05, 0.1) is 17.9 Å². The Morgan fingerprint density at radius 1 is 1.42 bits per heavy atom. The standard InChI is InChI=1S/C17H24N2O4S/c1-11(2)17(16(22)23)6-7-19(10-17)15(21)9-13(18-12(3)20)14-5-4-8-24-14/h4-5,8,11,13H,6-7,9-10H2,1-3H3,(H,18,20)(H,22,23). The molecule has 0 spiro atoms. The van der Waals surface area contributed by atoms with Crippen molar-refractivity contribution in [1.82, 2.24) is 10.2 Å². The summed E-state index contributed by atoms with van der Waals surface area (Å²) < 4.78 is 0. The summed E-state index contributed by atoms with van der Waals surface area (Å²) >= 11 is 1.49. The molecule has 1 saturated heterocycles. The molecule has 1 aliphatic heterocycles. The number of nitrogens with one attached hydrogen (secondary N) is 1. The van der Waals surface area contributed by atoms with Crippen molar-refractivity contribution in [2.45, 2.75) is 39.7 Å². The molecular formula is C17H24N2O4S. The normalized spacial score (nSPS) is 21.8. The lowest BCUT2D eigenvalue weighted by Gasteiger charge is -2.29. The van der Waals surface area contributed by atoms with E-state index in [2.05, 4.69) is 5.32 Å². The molecule has 1 aromatic rings. The van der Waals surface area contributed by atoms with Crippen molar-refractivity contribution in [3.8, 4) is 0 Å². The van der Waals surface area contributed by atoms with Crippen LogP contribution in [-0.2, 0) is 14.4 Å². The zero-order chi connectivity index (χ0) is 17.9. The highest BCUT2D eigenvalue weighted by Gasteiger charge is 2.48. The van der Waals surface area contributed by atoms with Gasteiger partial charge < -0.3 is 15.3 Å². The molecule has 132 valence electrons. The van der Waals surface area contributed by atoms with E-state index in [1.54, 1.807) is 4.90 Å². The Kier molecular flexibility index (Phi) is 5.64. The topological polar surface area (TPSA) is 86.7 Å². The van der Waals surface area contributed by atoms with Crippen molar-refractivity contribution in [3.05, 3.63) is 22.4 Å². The van der Waals surface area contributed by atoms with Gasteiger partial charge in [0.2, 0.25) is 11.8 Å². The summed E-state index contributed by atoms with van der Waals surface area (Å²) in [5, 5.41) is 14.3. The maximum absolute atomic E-state index is 12.7. The van der Waals surface area contributed by atoms with Crippen LogP contribution in [0.4, 0.5) is 0 Å². The van der Waals surface area contributed by atoms with Gasteiger partial charge in [-0.1, -0.05) is 19.9 Å². The van der Waals surface area contributed by atoms with E-state index < -0.39 is 11.4 Å². The average Bonchev–Trinajstić information content (AvgIpc) is 3.16. The van der Waals surface area contributed by atoms with E-state index in [-0.39, 0.29) is 36.7 Å². The Bertz CT molecular complexity index is 614. The highest BCUT2D eigenvalue weighted by Crippen LogP contribution is 2.38. The first-order valence-electron chi connectivity index (χ1n) is 8.08. The highest BCUT2D eigenvalue weighted by atomic mass is 32.1. The third kappa shape index (κ3) is 3.77. The fourth-order valence-electron chi connectivity index (χ4n) is 3.20. The molecule has 24 heavy (non-hydrogen) atoms. The van der Waals surface area contributed by atoms with E-state index in [9.17, 15) is 19.5 Å². The van der Waals surface area contributed by atoms with Gasteiger partial charge in [0.1, 0.15) is 0 Å². The predicted molar refractivity (Wildman–Crippen MR) is 91.6 cm³/mol. The molecule has 2 amide bonds. The molecule has 0 aliphatic carbocycles. The smallest absolute Gasteiger partial charge is 0.311 e. The zero-order valence-corrected chi connectivity index (χ0v) is 15.1. The first kappa shape index (κ1) is 18.4. The van der Waals surface area contributed by atoms with Crippen LogP contribution in [-0.4, -0.2) is 40.9 Å². The number of hydrogen-bond donors (Lipinski definition) is 2. The highest BCUT2D eigenvalue weighted by molar-refractivity contribution is 7.10. The SMILES string of the molecule is CC(=O)NC(CC(=O)N1CCC(C(=O)O)(C(C)C)C1)c1cccs1. The zero-order valence-electron chi connectivity index (χ0n) is 14.2. The van der Waals surface area contributed by atoms with Crippen molar-refractivity contribution >= 4 is 29.1 Å². The maximum Gasteiger partial charge on any atom is 0.311 e. The van der Waals surface area contributed by atoms with Gasteiger partial charge in [-0.15, -0.1) is 11.3 Å². The number of nitrogens with zero attached hydrogens (tertiary/aromatic N) is 1. The van der Waals surface area contributed by atoms with Crippen LogP contribution in [0.15, 0.2) is 17.5 Å². The van der Waals surface area contributed by atoms with Gasteiger partial charge in [-0.25, -0.2) is 0 Å². The molecule has 6 nitrogen and oxygen atoms in total. The molecular weight excluding hydrogens is 328 g/mol. The van der Waals surface area contributed by atoms with Crippen molar-refractivity contribution < 1.29 is 19.5 Å². The van der Waals surface area contributed by atoms with Gasteiger partial charge in [0.15, 0.2) is 0 Å². The second-order valence-electron chi connectivity index (χ2n) is 6.65. The molecule has 0 radical (unpaired) electrons. The Labute approximate surface area is 145 Å². The van der Waals surface area contributed by atoms with Crippen molar-refractivity contribution in [2.24, 2.45) is 11.3 Å². The third-order valence-electron chi connectivity index (χ3n) is 4.83. The molecule has 2 heterocycles. The number of aliphatic carboxylic acids is 1. The van der Waals surface area contributed by atoms with Crippen LogP contribution in [0, 0.1) is 11.3 Å². The minimum Gasteiger partial charge on any atom is -0.481 e. The number of hydrogen-bond acceptors (Lipinski definition) is 4. The minimum atomic E-state index is -0.873. The number of thiophene rings is 1. The largest absolute Gasteiger partial charge is 0.481 e. The van der Waals surface area contributed by atoms with Crippen molar-refractivity contribution in [1.29, 1.82) is 0 Å². The summed E-state index contributed by atoms with van der Waals surface area (Å²) in [6, 6.07) is 3.40. The summed E-state index contributed by atoms with van der Waals surface area (Å²) in [4.78, 5) is 38.3. The van der Waals surface area contributed by atoms with Crippen LogP contribution in [0.25, 0.3) is 0 Å². The van der Waals surface area contributed by atoms with E-state index in [1.807, 2.05) is 31.4 Å². The number of carbonyl (C=O) groups excluding carboxylic acids is 2. The molecule has 2 rings (SSSR count). The minimum absolute atomic E-state index is 0.0452. The number of carboxylic acids is 1. The quantitative estimate of drug-likeness (QED) is 0.822. The molecule has 2 atom stereocenters. The van der Waals surface area contributed by atoms with E-state index in [0.717, 1.165) is 4.88 Å². The molecule has 0 saturated carbocycles. The summed E-state index contributed by atoms with van der Waals surface area (Å²) in [5.74, 6) is -1.20. The van der Waals surface area contributed by atoms with Crippen molar-refractivity contribution in [3.63, 3.8) is 0 Å². The molecule has 0 aromatic carbocycles. The van der Waals surface area contributed by atoms with Gasteiger partial charge >= 0.3 is 5.97 Å². The molecule has 1 aliphatic rings. The lowest BCUT2D eigenvalue weighted by Crippen LogP contribution is -2.41. The molecule has 1 fully saturated rings. The van der Waals surface area contributed by atoms with E-state index in [4.69, 9.17) is 0 Å². The monoisotopic (exact) mass is 352 g/mol. The third-order valence-corrected chi connectivity index (χ3v) is 5.81. The van der Waals surface area contributed by atoms with Crippen LogP contribution >= 0.6 is 11.3 Å². The van der Waals surface area contributed by atoms with Gasteiger partial charge in [-0.3, -0.25) is 14.4 Å². The summed E-state index contributed by atoms with van der Waals surface area (Å²) in [5.41, 5.74) is -0.873. The second kappa shape index (κ2) is 7.34. The Hall–Kier alpha value is -1.89. The fraction of sp³-hybridized carbons (Fsp3) is 0.588. The lowest BCUT2D eigenvalue weighted by atomic mass is 9.76. The Balaban J connectivity index is 2.08.